The summed E-state index contributed by atoms with van der Waals surface area (Å²) in [4.78, 5) is 18.0. The van der Waals surface area contributed by atoms with Crippen LogP contribution in [0.5, 0.6) is 0 Å². The zero-order valence-electron chi connectivity index (χ0n) is 16.6. The van der Waals surface area contributed by atoms with E-state index in [9.17, 15) is 0 Å². The minimum atomic E-state index is -0.970. The molecular weight excluding hydrogens is 501 g/mol. The molecule has 0 saturated heterocycles. The second kappa shape index (κ2) is 25.1. The zero-order valence-corrected chi connectivity index (χ0v) is 20.1. The summed E-state index contributed by atoms with van der Waals surface area (Å²) in [5.41, 5.74) is 0. The van der Waals surface area contributed by atoms with E-state index in [1.54, 1.807) is 31.6 Å². The molecule has 0 unspecified atom stereocenters. The Labute approximate surface area is 158 Å². The minimum absolute atomic E-state index is 0.833. The van der Waals surface area contributed by atoms with Crippen molar-refractivity contribution in [1.82, 2.24) is 0 Å². The topological polar surface area (TPSA) is 74.6 Å². The number of carboxylic acids is 2. The molecule has 0 rings (SSSR count). The van der Waals surface area contributed by atoms with Gasteiger partial charge in [-0.2, -0.15) is 0 Å². The van der Waals surface area contributed by atoms with Crippen molar-refractivity contribution in [2.75, 3.05) is 0 Å². The maximum absolute atomic E-state index is 9.00. The summed E-state index contributed by atoms with van der Waals surface area (Å²) in [5.74, 6) is -1.67. The number of hydrogen-bond acceptors (Lipinski definition) is 2. The van der Waals surface area contributed by atoms with Gasteiger partial charge >= 0.3 is 113 Å². The molecule has 0 aliphatic rings. The van der Waals surface area contributed by atoms with Crippen LogP contribution in [0.3, 0.4) is 0 Å². The van der Waals surface area contributed by atoms with Gasteiger partial charge in [0, 0.05) is 13.8 Å². The standard InChI is InChI=1S/3C5H11.2C2H4O2.Bi/c3*1-3-5-4-2;2*1-2(3)4;/h3*1,3-5H2,2H3;2*1H3,(H,3,4);. The van der Waals surface area contributed by atoms with Crippen LogP contribution in [-0.2, 0) is 9.59 Å². The van der Waals surface area contributed by atoms with Crippen LogP contribution in [0, 0.1) is 0 Å². The molecule has 146 valence electrons. The average Bonchev–Trinajstić information content (AvgIpc) is 2.46. The fraction of sp³-hybridized carbons (Fsp3) is 0.895. The summed E-state index contributed by atoms with van der Waals surface area (Å²) < 4.78 is 5.11. The second-order valence-corrected chi connectivity index (χ2v) is 16.4. The molecule has 0 aliphatic heterocycles. The molecule has 0 amide bonds. The van der Waals surface area contributed by atoms with E-state index < -0.39 is 33.7 Å². The van der Waals surface area contributed by atoms with E-state index in [0.29, 0.717) is 0 Å². The molecular formula is C19H41BiO4. The van der Waals surface area contributed by atoms with Gasteiger partial charge in [-0.3, -0.25) is 9.59 Å². The number of unbranched alkanes of at least 4 members (excludes halogenated alkanes) is 6. The summed E-state index contributed by atoms with van der Waals surface area (Å²) in [6.45, 7) is 9.16. The Kier molecular flexibility index (Phi) is 29.9. The molecule has 24 heavy (non-hydrogen) atoms. The van der Waals surface area contributed by atoms with Gasteiger partial charge in [-0.15, -0.1) is 0 Å². The summed E-state index contributed by atoms with van der Waals surface area (Å²) in [5, 5.41) is 14.8. The van der Waals surface area contributed by atoms with Crippen LogP contribution in [0.25, 0.3) is 0 Å². The third-order valence-corrected chi connectivity index (χ3v) is 14.3. The van der Waals surface area contributed by atoms with Crippen molar-refractivity contribution in [2.45, 2.75) is 105 Å². The summed E-state index contributed by atoms with van der Waals surface area (Å²) in [6.07, 6.45) is 13.4. The van der Waals surface area contributed by atoms with Crippen molar-refractivity contribution in [3.8, 4) is 0 Å². The first-order valence-electron chi connectivity index (χ1n) is 9.43. The molecule has 0 saturated carbocycles. The number of carboxylic acid groups (broad SMARTS) is 2. The van der Waals surface area contributed by atoms with Gasteiger partial charge in [0.05, 0.1) is 0 Å². The monoisotopic (exact) mass is 542 g/mol. The molecule has 0 aromatic rings. The fourth-order valence-electron chi connectivity index (χ4n) is 2.09. The van der Waals surface area contributed by atoms with Gasteiger partial charge in [0.2, 0.25) is 0 Å². The van der Waals surface area contributed by atoms with Crippen LogP contribution in [-0.4, -0.2) is 43.9 Å². The maximum atomic E-state index is 9.00. The Morgan fingerprint density at radius 3 is 1.00 bits per heavy atom. The molecule has 0 bridgehead atoms. The van der Waals surface area contributed by atoms with E-state index in [2.05, 4.69) is 20.8 Å². The Morgan fingerprint density at radius 1 is 0.625 bits per heavy atom. The third-order valence-electron chi connectivity index (χ3n) is 3.23. The quantitative estimate of drug-likeness (QED) is 0.226. The van der Waals surface area contributed by atoms with Crippen LogP contribution in [0.4, 0.5) is 0 Å². The second-order valence-electron chi connectivity index (χ2n) is 6.00. The van der Waals surface area contributed by atoms with E-state index in [0.717, 1.165) is 13.8 Å². The van der Waals surface area contributed by atoms with Crippen molar-refractivity contribution >= 4 is 33.7 Å². The predicted octanol–water partition coefficient (Wildman–Crippen LogP) is 6.23. The summed E-state index contributed by atoms with van der Waals surface area (Å²) in [6, 6.07) is 0. The first-order valence-corrected chi connectivity index (χ1v) is 16.8. The Hall–Kier alpha value is -0.177. The predicted molar refractivity (Wildman–Crippen MR) is 105 cm³/mol. The van der Waals surface area contributed by atoms with E-state index in [1.807, 2.05) is 0 Å². The number of carbonyl (C=O) groups is 2. The number of aliphatic carboxylic acids is 2. The van der Waals surface area contributed by atoms with Crippen LogP contribution in [0.2, 0.25) is 12.4 Å². The molecule has 0 aromatic heterocycles. The molecule has 0 radical (unpaired) electrons. The zero-order chi connectivity index (χ0) is 19.2. The molecule has 0 aliphatic carbocycles. The van der Waals surface area contributed by atoms with Gasteiger partial charge in [0.1, 0.15) is 0 Å². The Bertz CT molecular complexity index is 226. The Balaban J connectivity index is -0.000000457. The van der Waals surface area contributed by atoms with E-state index in [1.165, 1.54) is 38.5 Å². The van der Waals surface area contributed by atoms with Gasteiger partial charge in [0.15, 0.2) is 0 Å². The van der Waals surface area contributed by atoms with E-state index in [-0.39, 0.29) is 0 Å². The molecule has 0 heterocycles. The number of hydrogen-bond donors (Lipinski definition) is 2. The number of rotatable bonds is 12. The molecule has 0 spiro atoms. The first kappa shape index (κ1) is 28.6. The van der Waals surface area contributed by atoms with E-state index >= 15 is 0 Å². The fourth-order valence-corrected chi connectivity index (χ4v) is 12.5. The molecule has 0 aromatic carbocycles. The van der Waals surface area contributed by atoms with Gasteiger partial charge in [0.25, 0.3) is 11.9 Å². The first-order chi connectivity index (χ1) is 11.3. The van der Waals surface area contributed by atoms with Crippen molar-refractivity contribution in [1.29, 1.82) is 0 Å². The van der Waals surface area contributed by atoms with E-state index in [4.69, 9.17) is 19.8 Å². The summed E-state index contributed by atoms with van der Waals surface area (Å²) >= 11 is -0.970. The third kappa shape index (κ3) is 43.1. The van der Waals surface area contributed by atoms with Crippen LogP contribution in [0.15, 0.2) is 0 Å². The van der Waals surface area contributed by atoms with Crippen molar-refractivity contribution in [3.05, 3.63) is 0 Å². The average molecular weight is 543 g/mol. The van der Waals surface area contributed by atoms with Gasteiger partial charge in [-0.1, -0.05) is 0 Å². The van der Waals surface area contributed by atoms with Gasteiger partial charge in [-0.25, -0.2) is 0 Å². The van der Waals surface area contributed by atoms with Crippen molar-refractivity contribution in [3.63, 3.8) is 0 Å². The van der Waals surface area contributed by atoms with Crippen LogP contribution in [0.1, 0.15) is 92.4 Å². The van der Waals surface area contributed by atoms with Crippen molar-refractivity contribution in [2.24, 2.45) is 0 Å². The normalized spacial score (nSPS) is 9.58. The molecule has 2 N–H and O–H groups in total. The molecule has 0 atom stereocenters. The molecule has 4 nitrogen and oxygen atoms in total. The van der Waals surface area contributed by atoms with Crippen LogP contribution >= 0.6 is 0 Å². The van der Waals surface area contributed by atoms with Crippen molar-refractivity contribution < 1.29 is 19.8 Å². The molecule has 0 fully saturated rings. The summed E-state index contributed by atoms with van der Waals surface area (Å²) in [7, 11) is 0. The Morgan fingerprint density at radius 2 is 0.833 bits per heavy atom. The van der Waals surface area contributed by atoms with Gasteiger partial charge < -0.3 is 10.2 Å². The van der Waals surface area contributed by atoms with Gasteiger partial charge in [-0.05, 0) is 0 Å². The van der Waals surface area contributed by atoms with Crippen LogP contribution < -0.4 is 0 Å². The molecule has 5 heteroatoms. The SMILES string of the molecule is CC(=O)O.CC(=O)O.CCCC[CH2][Bi]([CH2]CCCC)[CH2]CCCC.